The fraction of sp³-hybridized carbons (Fsp3) is 0.333. The summed E-state index contributed by atoms with van der Waals surface area (Å²) < 4.78 is 24.6. The third-order valence-electron chi connectivity index (χ3n) is 4.27. The largest absolute Gasteiger partial charge is 0.369 e. The molecule has 2 aromatic carbocycles. The molecule has 2 aromatic rings. The second-order valence-electron chi connectivity index (χ2n) is 5.80. The first kappa shape index (κ1) is 16.0. The maximum Gasteiger partial charge on any atom is 0.179 e. The minimum absolute atomic E-state index is 0.183. The maximum absolute atomic E-state index is 12.3. The van der Waals surface area contributed by atoms with Crippen molar-refractivity contribution in [2.24, 2.45) is 0 Å². The van der Waals surface area contributed by atoms with Crippen molar-refractivity contribution >= 4 is 15.5 Å². The van der Waals surface area contributed by atoms with Gasteiger partial charge in [-0.05, 0) is 24.3 Å². The third-order valence-corrected chi connectivity index (χ3v) is 5.98. The first-order valence-electron chi connectivity index (χ1n) is 7.95. The quantitative estimate of drug-likeness (QED) is 0.843. The van der Waals surface area contributed by atoms with Crippen LogP contribution in [0.4, 0.5) is 5.69 Å². The Hall–Kier alpha value is -1.85. The summed E-state index contributed by atoms with van der Waals surface area (Å²) in [5.74, 6) is 0.183. The molecule has 0 aromatic heterocycles. The van der Waals surface area contributed by atoms with Crippen LogP contribution < -0.4 is 4.90 Å². The number of piperazine rings is 1. The Balaban J connectivity index is 1.52. The molecule has 1 saturated heterocycles. The van der Waals surface area contributed by atoms with Crippen LogP contribution in [-0.4, -0.2) is 51.8 Å². The van der Waals surface area contributed by atoms with Crippen molar-refractivity contribution in [3.8, 4) is 0 Å². The monoisotopic (exact) mass is 330 g/mol. The van der Waals surface area contributed by atoms with Gasteiger partial charge in [0.25, 0.3) is 0 Å². The number of anilines is 1. The Morgan fingerprint density at radius 1 is 0.783 bits per heavy atom. The first-order valence-corrected chi connectivity index (χ1v) is 9.60. The van der Waals surface area contributed by atoms with Crippen molar-refractivity contribution < 1.29 is 8.42 Å². The van der Waals surface area contributed by atoms with E-state index >= 15 is 0 Å². The van der Waals surface area contributed by atoms with E-state index in [-0.39, 0.29) is 5.75 Å². The van der Waals surface area contributed by atoms with Gasteiger partial charge in [-0.2, -0.15) is 0 Å². The van der Waals surface area contributed by atoms with Gasteiger partial charge >= 0.3 is 0 Å². The zero-order valence-electron chi connectivity index (χ0n) is 13.1. The second kappa shape index (κ2) is 7.15. The summed E-state index contributed by atoms with van der Waals surface area (Å²) in [5, 5.41) is 0. The molecule has 0 amide bonds. The maximum atomic E-state index is 12.3. The minimum atomic E-state index is -3.18. The smallest absolute Gasteiger partial charge is 0.179 e. The van der Waals surface area contributed by atoms with Gasteiger partial charge in [0.1, 0.15) is 0 Å². The summed E-state index contributed by atoms with van der Waals surface area (Å²) in [7, 11) is -3.18. The SMILES string of the molecule is O=S(=O)(CCN1CCN(c2ccccc2)CC1)c1ccccc1. The van der Waals surface area contributed by atoms with E-state index in [1.165, 1.54) is 5.69 Å². The fourth-order valence-corrected chi connectivity index (χ4v) is 4.17. The lowest BCUT2D eigenvalue weighted by molar-refractivity contribution is 0.272. The van der Waals surface area contributed by atoms with Gasteiger partial charge in [0.15, 0.2) is 9.84 Å². The normalized spacial score (nSPS) is 16.4. The Bertz CT molecular complexity index is 709. The third kappa shape index (κ3) is 4.12. The highest BCUT2D eigenvalue weighted by molar-refractivity contribution is 7.91. The zero-order valence-corrected chi connectivity index (χ0v) is 14.0. The topological polar surface area (TPSA) is 40.6 Å². The number of para-hydroxylation sites is 1. The predicted octanol–water partition coefficient (Wildman–Crippen LogP) is 2.28. The van der Waals surface area contributed by atoms with Crippen molar-refractivity contribution in [2.75, 3.05) is 43.4 Å². The molecule has 0 aliphatic carbocycles. The number of nitrogens with zero attached hydrogens (tertiary/aromatic N) is 2. The van der Waals surface area contributed by atoms with E-state index in [1.807, 2.05) is 24.3 Å². The average Bonchev–Trinajstić information content (AvgIpc) is 2.62. The van der Waals surface area contributed by atoms with Gasteiger partial charge in [0.05, 0.1) is 10.6 Å². The number of rotatable bonds is 5. The summed E-state index contributed by atoms with van der Waals surface area (Å²) in [5.41, 5.74) is 1.24. The molecule has 1 fully saturated rings. The Kier molecular flexibility index (Phi) is 4.98. The molecule has 0 atom stereocenters. The highest BCUT2D eigenvalue weighted by Crippen LogP contribution is 2.16. The van der Waals surface area contributed by atoms with Crippen molar-refractivity contribution in [2.45, 2.75) is 4.90 Å². The van der Waals surface area contributed by atoms with Crippen LogP contribution >= 0.6 is 0 Å². The van der Waals surface area contributed by atoms with Crippen LogP contribution in [0.1, 0.15) is 0 Å². The van der Waals surface area contributed by atoms with Gasteiger partial charge in [-0.1, -0.05) is 36.4 Å². The average molecular weight is 330 g/mol. The van der Waals surface area contributed by atoms with Crippen molar-refractivity contribution in [3.05, 3.63) is 60.7 Å². The van der Waals surface area contributed by atoms with E-state index in [0.717, 1.165) is 26.2 Å². The Labute approximate surface area is 138 Å². The highest BCUT2D eigenvalue weighted by atomic mass is 32.2. The van der Waals surface area contributed by atoms with Crippen LogP contribution in [0.5, 0.6) is 0 Å². The van der Waals surface area contributed by atoms with Gasteiger partial charge in [-0.3, -0.25) is 4.90 Å². The molecule has 5 heteroatoms. The molecular formula is C18H22N2O2S. The molecule has 0 spiro atoms. The van der Waals surface area contributed by atoms with Crippen molar-refractivity contribution in [1.29, 1.82) is 0 Å². The molecule has 0 N–H and O–H groups in total. The van der Waals surface area contributed by atoms with Crippen LogP contribution in [0, 0.1) is 0 Å². The van der Waals surface area contributed by atoms with Crippen molar-refractivity contribution in [1.82, 2.24) is 4.90 Å². The molecule has 1 heterocycles. The van der Waals surface area contributed by atoms with E-state index in [2.05, 4.69) is 21.9 Å². The fourth-order valence-electron chi connectivity index (χ4n) is 2.86. The van der Waals surface area contributed by atoms with Gasteiger partial charge in [0.2, 0.25) is 0 Å². The number of sulfone groups is 1. The number of hydrogen-bond acceptors (Lipinski definition) is 4. The van der Waals surface area contributed by atoms with Crippen LogP contribution in [0.15, 0.2) is 65.6 Å². The van der Waals surface area contributed by atoms with Gasteiger partial charge in [0, 0.05) is 38.4 Å². The van der Waals surface area contributed by atoms with Crippen LogP contribution in [0.2, 0.25) is 0 Å². The molecule has 122 valence electrons. The van der Waals surface area contributed by atoms with Crippen LogP contribution in [0.3, 0.4) is 0 Å². The van der Waals surface area contributed by atoms with Crippen LogP contribution in [0.25, 0.3) is 0 Å². The first-order chi connectivity index (χ1) is 11.1. The molecule has 4 nitrogen and oxygen atoms in total. The van der Waals surface area contributed by atoms with Crippen LogP contribution in [-0.2, 0) is 9.84 Å². The lowest BCUT2D eigenvalue weighted by Gasteiger charge is -2.36. The molecule has 23 heavy (non-hydrogen) atoms. The summed E-state index contributed by atoms with van der Waals surface area (Å²) in [6.45, 7) is 4.28. The summed E-state index contributed by atoms with van der Waals surface area (Å²) in [4.78, 5) is 5.00. The minimum Gasteiger partial charge on any atom is -0.369 e. The van der Waals surface area contributed by atoms with E-state index in [9.17, 15) is 8.42 Å². The summed E-state index contributed by atoms with van der Waals surface area (Å²) >= 11 is 0. The molecule has 3 rings (SSSR count). The Morgan fingerprint density at radius 3 is 1.96 bits per heavy atom. The summed E-state index contributed by atoms with van der Waals surface area (Å²) in [6.07, 6.45) is 0. The van der Waals surface area contributed by atoms with Gasteiger partial charge in [-0.15, -0.1) is 0 Å². The molecule has 0 unspecified atom stereocenters. The zero-order chi connectivity index (χ0) is 16.1. The molecular weight excluding hydrogens is 308 g/mol. The predicted molar refractivity (Wildman–Crippen MR) is 93.6 cm³/mol. The van der Waals surface area contributed by atoms with Gasteiger partial charge < -0.3 is 4.90 Å². The Morgan fingerprint density at radius 2 is 1.35 bits per heavy atom. The second-order valence-corrected chi connectivity index (χ2v) is 7.91. The van der Waals surface area contributed by atoms with E-state index < -0.39 is 9.84 Å². The molecule has 0 saturated carbocycles. The van der Waals surface area contributed by atoms with E-state index in [1.54, 1.807) is 24.3 Å². The highest BCUT2D eigenvalue weighted by Gasteiger charge is 2.20. The molecule has 1 aliphatic heterocycles. The molecule has 0 radical (unpaired) electrons. The van der Waals surface area contributed by atoms with E-state index in [0.29, 0.717) is 11.4 Å². The molecule has 1 aliphatic rings. The lowest BCUT2D eigenvalue weighted by Crippen LogP contribution is -2.47. The number of hydrogen-bond donors (Lipinski definition) is 0. The van der Waals surface area contributed by atoms with Crippen molar-refractivity contribution in [3.63, 3.8) is 0 Å². The molecule has 0 bridgehead atoms. The van der Waals surface area contributed by atoms with Gasteiger partial charge in [-0.25, -0.2) is 8.42 Å². The van der Waals surface area contributed by atoms with E-state index in [4.69, 9.17) is 0 Å². The number of benzene rings is 2. The summed E-state index contributed by atoms with van der Waals surface area (Å²) in [6, 6.07) is 19.1. The lowest BCUT2D eigenvalue weighted by atomic mass is 10.2. The standard InChI is InChI=1S/C18H22N2O2S/c21-23(22,18-9-5-2-6-10-18)16-15-19-11-13-20(14-12-19)17-7-3-1-4-8-17/h1-10H,11-16H2.